The van der Waals surface area contributed by atoms with Crippen LogP contribution in [-0.2, 0) is 6.54 Å². The molecule has 86 valence electrons. The minimum absolute atomic E-state index is 0.233. The third-order valence-corrected chi connectivity index (χ3v) is 4.17. The van der Waals surface area contributed by atoms with Crippen molar-refractivity contribution in [3.05, 3.63) is 38.8 Å². The van der Waals surface area contributed by atoms with Crippen molar-refractivity contribution in [3.8, 4) is 0 Å². The van der Waals surface area contributed by atoms with E-state index in [1.807, 2.05) is 17.9 Å². The zero-order valence-corrected chi connectivity index (χ0v) is 11.7. The molecule has 3 nitrogen and oxygen atoms in total. The predicted molar refractivity (Wildman–Crippen MR) is 70.8 cm³/mol. The van der Waals surface area contributed by atoms with Gasteiger partial charge in [-0.3, -0.25) is 4.68 Å². The molecular formula is C11H14BrN3S. The molecule has 0 radical (unpaired) electrons. The molecule has 2 rings (SSSR count). The monoisotopic (exact) mass is 299 g/mol. The maximum absolute atomic E-state index is 4.31. The fraction of sp³-hybridized carbons (Fsp3) is 0.364. The summed E-state index contributed by atoms with van der Waals surface area (Å²) in [6.07, 6.45) is 4.02. The van der Waals surface area contributed by atoms with E-state index in [1.165, 1.54) is 10.4 Å². The highest BCUT2D eigenvalue weighted by Gasteiger charge is 2.15. The summed E-state index contributed by atoms with van der Waals surface area (Å²) in [6.45, 7) is 3.00. The van der Waals surface area contributed by atoms with Gasteiger partial charge in [-0.1, -0.05) is 0 Å². The van der Waals surface area contributed by atoms with E-state index in [1.54, 1.807) is 11.3 Å². The Hall–Kier alpha value is -0.650. The fourth-order valence-electron chi connectivity index (χ4n) is 1.66. The lowest BCUT2D eigenvalue weighted by molar-refractivity contribution is 0.655. The number of halogens is 1. The van der Waals surface area contributed by atoms with E-state index >= 15 is 0 Å². The molecular weight excluding hydrogens is 286 g/mol. The molecule has 0 amide bonds. The topological polar surface area (TPSA) is 29.9 Å². The van der Waals surface area contributed by atoms with Crippen molar-refractivity contribution in [2.75, 3.05) is 7.05 Å². The van der Waals surface area contributed by atoms with E-state index < -0.39 is 0 Å². The zero-order valence-electron chi connectivity index (χ0n) is 9.27. The average Bonchev–Trinajstić information content (AvgIpc) is 2.89. The Morgan fingerprint density at radius 2 is 2.38 bits per heavy atom. The minimum Gasteiger partial charge on any atom is -0.309 e. The molecule has 0 aromatic carbocycles. The summed E-state index contributed by atoms with van der Waals surface area (Å²) >= 11 is 5.24. The second kappa shape index (κ2) is 5.12. The lowest BCUT2D eigenvalue weighted by Gasteiger charge is -2.11. The second-order valence-corrected chi connectivity index (χ2v) is 5.99. The molecule has 2 aromatic rings. The van der Waals surface area contributed by atoms with Gasteiger partial charge in [-0.25, -0.2) is 0 Å². The van der Waals surface area contributed by atoms with Crippen LogP contribution in [0.4, 0.5) is 0 Å². The lowest BCUT2D eigenvalue weighted by atomic mass is 10.1. The molecule has 0 spiro atoms. The largest absolute Gasteiger partial charge is 0.309 e. The molecule has 0 aliphatic carbocycles. The molecule has 1 N–H and O–H groups in total. The number of thiophene rings is 1. The summed E-state index contributed by atoms with van der Waals surface area (Å²) in [5, 5.41) is 7.63. The Balaban J connectivity index is 2.28. The van der Waals surface area contributed by atoms with Gasteiger partial charge in [-0.15, -0.1) is 11.3 Å². The van der Waals surface area contributed by atoms with Crippen LogP contribution in [0.15, 0.2) is 28.3 Å². The summed E-state index contributed by atoms with van der Waals surface area (Å²) in [4.78, 5) is 1.30. The molecule has 5 heteroatoms. The molecule has 0 fully saturated rings. The highest BCUT2D eigenvalue weighted by atomic mass is 79.9. The number of aryl methyl sites for hydroxylation is 1. The van der Waals surface area contributed by atoms with Crippen LogP contribution in [0.3, 0.4) is 0 Å². The molecule has 2 heterocycles. The molecule has 16 heavy (non-hydrogen) atoms. The van der Waals surface area contributed by atoms with E-state index in [0.717, 1.165) is 10.3 Å². The number of nitrogens with zero attached hydrogens (tertiary/aromatic N) is 2. The van der Waals surface area contributed by atoms with Crippen LogP contribution < -0.4 is 5.32 Å². The van der Waals surface area contributed by atoms with Gasteiger partial charge in [0.15, 0.2) is 0 Å². The van der Waals surface area contributed by atoms with Gasteiger partial charge in [-0.05, 0) is 42.0 Å². The van der Waals surface area contributed by atoms with Crippen LogP contribution in [0.5, 0.6) is 0 Å². The van der Waals surface area contributed by atoms with Crippen LogP contribution in [-0.4, -0.2) is 16.8 Å². The molecule has 0 saturated carbocycles. The maximum Gasteiger partial charge on any atom is 0.0702 e. The Kier molecular flexibility index (Phi) is 3.78. The van der Waals surface area contributed by atoms with Gasteiger partial charge in [0.25, 0.3) is 0 Å². The zero-order chi connectivity index (χ0) is 11.5. The Morgan fingerprint density at radius 1 is 1.56 bits per heavy atom. The first-order valence-corrected chi connectivity index (χ1v) is 6.80. The van der Waals surface area contributed by atoms with Crippen LogP contribution in [0.1, 0.15) is 23.4 Å². The van der Waals surface area contributed by atoms with Crippen molar-refractivity contribution in [3.63, 3.8) is 0 Å². The molecule has 0 aliphatic rings. The standard InChI is InChI=1S/C11H14BrN3S/c1-3-15-7-8(6-14-15)11(13-2)9-4-5-10(12)16-9/h4-7,11,13H,3H2,1-2H3. The van der Waals surface area contributed by atoms with Gasteiger partial charge in [-0.2, -0.15) is 5.10 Å². The summed E-state index contributed by atoms with van der Waals surface area (Å²) < 4.78 is 3.10. The van der Waals surface area contributed by atoms with E-state index in [9.17, 15) is 0 Å². The van der Waals surface area contributed by atoms with Crippen LogP contribution in [0.25, 0.3) is 0 Å². The first-order chi connectivity index (χ1) is 7.74. The van der Waals surface area contributed by atoms with Crippen LogP contribution >= 0.6 is 27.3 Å². The van der Waals surface area contributed by atoms with Gasteiger partial charge in [0.05, 0.1) is 16.0 Å². The van der Waals surface area contributed by atoms with E-state index in [0.29, 0.717) is 0 Å². The highest BCUT2D eigenvalue weighted by molar-refractivity contribution is 9.11. The third kappa shape index (κ3) is 2.36. The van der Waals surface area contributed by atoms with Gasteiger partial charge >= 0.3 is 0 Å². The number of nitrogens with one attached hydrogen (secondary N) is 1. The summed E-state index contributed by atoms with van der Waals surface area (Å²) in [5.41, 5.74) is 1.21. The first-order valence-electron chi connectivity index (χ1n) is 5.19. The molecule has 0 bridgehead atoms. The van der Waals surface area contributed by atoms with Gasteiger partial charge in [0.1, 0.15) is 0 Å². The van der Waals surface area contributed by atoms with Crippen LogP contribution in [0, 0.1) is 0 Å². The first kappa shape index (κ1) is 11.8. The highest BCUT2D eigenvalue weighted by Crippen LogP contribution is 2.30. The Labute approximate surface area is 108 Å². The van der Waals surface area contributed by atoms with Crippen molar-refractivity contribution in [2.24, 2.45) is 0 Å². The summed E-state index contributed by atoms with van der Waals surface area (Å²) in [7, 11) is 1.97. The number of aromatic nitrogens is 2. The number of rotatable bonds is 4. The fourth-order valence-corrected chi connectivity index (χ4v) is 3.22. The summed E-state index contributed by atoms with van der Waals surface area (Å²) in [5.74, 6) is 0. The van der Waals surface area contributed by atoms with Crippen LogP contribution in [0.2, 0.25) is 0 Å². The molecule has 1 unspecified atom stereocenters. The smallest absolute Gasteiger partial charge is 0.0702 e. The van der Waals surface area contributed by atoms with Crippen molar-refractivity contribution in [1.82, 2.24) is 15.1 Å². The molecule has 0 aliphatic heterocycles. The molecule has 0 saturated heterocycles. The van der Waals surface area contributed by atoms with Crippen molar-refractivity contribution in [1.29, 1.82) is 0 Å². The van der Waals surface area contributed by atoms with Crippen molar-refractivity contribution < 1.29 is 0 Å². The van der Waals surface area contributed by atoms with E-state index in [4.69, 9.17) is 0 Å². The third-order valence-electron chi connectivity index (χ3n) is 2.48. The SMILES string of the molecule is CCn1cc(C(NC)c2ccc(Br)s2)cn1. The maximum atomic E-state index is 4.31. The summed E-state index contributed by atoms with van der Waals surface area (Å²) in [6, 6.07) is 4.45. The van der Waals surface area contributed by atoms with Gasteiger partial charge in [0.2, 0.25) is 0 Å². The van der Waals surface area contributed by atoms with E-state index in [-0.39, 0.29) is 6.04 Å². The Morgan fingerprint density at radius 3 is 2.88 bits per heavy atom. The van der Waals surface area contributed by atoms with Crippen molar-refractivity contribution in [2.45, 2.75) is 19.5 Å². The van der Waals surface area contributed by atoms with Gasteiger partial charge < -0.3 is 5.32 Å². The predicted octanol–water partition coefficient (Wildman–Crippen LogP) is 3.04. The minimum atomic E-state index is 0.233. The van der Waals surface area contributed by atoms with E-state index in [2.05, 4.69) is 51.6 Å². The molecule has 2 aromatic heterocycles. The normalized spacial score (nSPS) is 12.9. The quantitative estimate of drug-likeness (QED) is 0.940. The van der Waals surface area contributed by atoms with Crippen molar-refractivity contribution >= 4 is 27.3 Å². The molecule has 1 atom stereocenters. The second-order valence-electron chi connectivity index (χ2n) is 3.49. The van der Waals surface area contributed by atoms with Gasteiger partial charge in [0, 0.05) is 23.2 Å². The number of hydrogen-bond donors (Lipinski definition) is 1. The Bertz CT molecular complexity index is 463. The number of hydrogen-bond acceptors (Lipinski definition) is 3. The average molecular weight is 300 g/mol. The lowest BCUT2D eigenvalue weighted by Crippen LogP contribution is -2.15.